The zero-order valence-corrected chi connectivity index (χ0v) is 15.3. The topological polar surface area (TPSA) is 62.9 Å². The highest BCUT2D eigenvalue weighted by molar-refractivity contribution is 5.77. The fraction of sp³-hybridized carbons (Fsp3) is 0.316. The van der Waals surface area contributed by atoms with E-state index in [4.69, 9.17) is 5.73 Å². The molecule has 0 aliphatic rings. The number of nitrogens with two attached hydrogens (primary N) is 1. The number of rotatable bonds is 7. The summed E-state index contributed by atoms with van der Waals surface area (Å²) in [4.78, 5) is 6.38. The molecule has 0 aliphatic heterocycles. The maximum absolute atomic E-state index is 12.1. The fourth-order valence-electron chi connectivity index (χ4n) is 2.43. The lowest BCUT2D eigenvalue weighted by molar-refractivity contribution is -0.274. The average molecular weight is 380 g/mol. The summed E-state index contributed by atoms with van der Waals surface area (Å²) in [6.45, 7) is 1.64. The van der Waals surface area contributed by atoms with Crippen LogP contribution >= 0.6 is 0 Å². The van der Waals surface area contributed by atoms with Gasteiger partial charge in [-0.25, -0.2) is 4.99 Å². The third-order valence-corrected chi connectivity index (χ3v) is 3.55. The van der Waals surface area contributed by atoms with Crippen molar-refractivity contribution in [2.75, 3.05) is 14.1 Å². The fourth-order valence-corrected chi connectivity index (χ4v) is 2.43. The number of halogens is 3. The highest BCUT2D eigenvalue weighted by atomic mass is 19.4. The van der Waals surface area contributed by atoms with Crippen LogP contribution in [0.5, 0.6) is 5.75 Å². The molecular weight excluding hydrogens is 357 g/mol. The zero-order valence-electron chi connectivity index (χ0n) is 15.3. The van der Waals surface area contributed by atoms with E-state index in [2.05, 4.69) is 32.1 Å². The molecule has 0 heterocycles. The van der Waals surface area contributed by atoms with E-state index in [9.17, 15) is 13.2 Å². The second kappa shape index (κ2) is 9.27. The number of aliphatic imine (C=N–C) groups is 1. The van der Waals surface area contributed by atoms with Crippen molar-refractivity contribution < 1.29 is 17.9 Å². The molecule has 8 heteroatoms. The molecule has 0 radical (unpaired) electrons. The number of ether oxygens (including phenoxy) is 1. The minimum atomic E-state index is -4.69. The molecule has 2 aromatic rings. The van der Waals surface area contributed by atoms with Crippen LogP contribution in [0.25, 0.3) is 0 Å². The van der Waals surface area contributed by atoms with Crippen molar-refractivity contribution in [3.05, 3.63) is 65.2 Å². The van der Waals surface area contributed by atoms with Crippen molar-refractivity contribution in [2.45, 2.75) is 26.0 Å². The summed E-state index contributed by atoms with van der Waals surface area (Å²) in [6, 6.07) is 13.7. The normalized spacial score (nSPS) is 12.3. The Morgan fingerprint density at radius 2 is 1.74 bits per heavy atom. The smallest absolute Gasteiger partial charge is 0.406 e. The summed E-state index contributed by atoms with van der Waals surface area (Å²) in [5.41, 5.74) is 8.86. The highest BCUT2D eigenvalue weighted by Gasteiger charge is 2.30. The zero-order chi connectivity index (χ0) is 19.9. The van der Waals surface area contributed by atoms with Crippen LogP contribution in [-0.4, -0.2) is 31.3 Å². The summed E-state index contributed by atoms with van der Waals surface area (Å²) in [5.74, 6) is 0.00845. The van der Waals surface area contributed by atoms with Crippen molar-refractivity contribution in [1.82, 2.24) is 10.2 Å². The first-order chi connectivity index (χ1) is 12.7. The van der Waals surface area contributed by atoms with Gasteiger partial charge in [0.25, 0.3) is 0 Å². The van der Waals surface area contributed by atoms with Gasteiger partial charge in [-0.15, -0.1) is 13.2 Å². The van der Waals surface area contributed by atoms with Gasteiger partial charge in [-0.05, 0) is 42.9 Å². The Bertz CT molecular complexity index is 758. The van der Waals surface area contributed by atoms with Gasteiger partial charge in [-0.2, -0.15) is 0 Å². The molecule has 3 N–H and O–H groups in total. The first-order valence-electron chi connectivity index (χ1n) is 8.32. The second-order valence-electron chi connectivity index (χ2n) is 6.30. The van der Waals surface area contributed by atoms with Gasteiger partial charge in [0.15, 0.2) is 5.96 Å². The largest absolute Gasteiger partial charge is 0.573 e. The van der Waals surface area contributed by atoms with Crippen LogP contribution in [0.15, 0.2) is 53.5 Å². The van der Waals surface area contributed by atoms with Crippen LogP contribution in [0.2, 0.25) is 0 Å². The highest BCUT2D eigenvalue weighted by Crippen LogP contribution is 2.22. The van der Waals surface area contributed by atoms with Crippen molar-refractivity contribution >= 4 is 5.96 Å². The average Bonchev–Trinajstić information content (AvgIpc) is 2.58. The van der Waals surface area contributed by atoms with E-state index in [0.717, 1.165) is 17.7 Å². The van der Waals surface area contributed by atoms with E-state index < -0.39 is 6.36 Å². The number of hydrogen-bond acceptors (Lipinski definition) is 3. The molecule has 0 aromatic heterocycles. The molecule has 27 heavy (non-hydrogen) atoms. The van der Waals surface area contributed by atoms with Gasteiger partial charge in [0, 0.05) is 13.1 Å². The van der Waals surface area contributed by atoms with Gasteiger partial charge >= 0.3 is 6.36 Å². The molecular formula is C19H23F3N4O. The summed E-state index contributed by atoms with van der Waals surface area (Å²) in [5, 5.41) is 2.94. The number of alkyl halides is 3. The van der Waals surface area contributed by atoms with Crippen molar-refractivity contribution in [1.29, 1.82) is 0 Å². The molecule has 0 saturated carbocycles. The molecule has 146 valence electrons. The molecule has 0 bridgehead atoms. The second-order valence-corrected chi connectivity index (χ2v) is 6.30. The minimum absolute atomic E-state index is 0.259. The van der Waals surface area contributed by atoms with Crippen LogP contribution < -0.4 is 15.8 Å². The van der Waals surface area contributed by atoms with E-state index >= 15 is 0 Å². The molecule has 5 nitrogen and oxygen atoms in total. The van der Waals surface area contributed by atoms with Crippen molar-refractivity contribution in [3.8, 4) is 5.75 Å². The van der Waals surface area contributed by atoms with E-state index in [-0.39, 0.29) is 11.7 Å². The van der Waals surface area contributed by atoms with Gasteiger partial charge in [-0.1, -0.05) is 36.4 Å². The standard InChI is InChI=1S/C19H23F3N4O/c1-26(2)13-16-5-3-4-15(10-16)12-25-18(23)24-11-14-6-8-17(9-7-14)27-19(20,21)22/h3-10H,11-13H2,1-2H3,(H3,23,24,25). The summed E-state index contributed by atoms with van der Waals surface area (Å²) in [7, 11) is 4.02. The predicted molar refractivity (Wildman–Crippen MR) is 99.1 cm³/mol. The monoisotopic (exact) mass is 380 g/mol. The molecule has 0 spiro atoms. The lowest BCUT2D eigenvalue weighted by Crippen LogP contribution is -2.31. The van der Waals surface area contributed by atoms with Gasteiger partial charge in [-0.3, -0.25) is 0 Å². The maximum atomic E-state index is 12.1. The number of guanidine groups is 1. The Hall–Kier alpha value is -2.74. The molecule has 2 rings (SSSR count). The number of benzene rings is 2. The Morgan fingerprint density at radius 1 is 1.07 bits per heavy atom. The molecule has 0 fully saturated rings. The molecule has 0 unspecified atom stereocenters. The Kier molecular flexibility index (Phi) is 7.06. The Labute approximate surface area is 156 Å². The molecule has 0 amide bonds. The van der Waals surface area contributed by atoms with E-state index in [0.29, 0.717) is 13.1 Å². The minimum Gasteiger partial charge on any atom is -0.406 e. The molecule has 0 atom stereocenters. The summed E-state index contributed by atoms with van der Waals surface area (Å²) in [6.07, 6.45) is -4.69. The molecule has 0 aliphatic carbocycles. The number of nitrogens with zero attached hydrogens (tertiary/aromatic N) is 2. The lowest BCUT2D eigenvalue weighted by Gasteiger charge is -2.11. The van der Waals surface area contributed by atoms with E-state index in [1.165, 1.54) is 29.8 Å². The van der Waals surface area contributed by atoms with Crippen LogP contribution in [0.3, 0.4) is 0 Å². The first-order valence-corrected chi connectivity index (χ1v) is 8.32. The number of nitrogens with one attached hydrogen (secondary N) is 1. The predicted octanol–water partition coefficient (Wildman–Crippen LogP) is 3.25. The molecule has 0 saturated heterocycles. The summed E-state index contributed by atoms with van der Waals surface area (Å²) >= 11 is 0. The Balaban J connectivity index is 1.85. The van der Waals surface area contributed by atoms with E-state index in [1.54, 1.807) is 0 Å². The van der Waals surface area contributed by atoms with Gasteiger partial charge < -0.3 is 20.7 Å². The van der Waals surface area contributed by atoms with Gasteiger partial charge in [0.05, 0.1) is 6.54 Å². The van der Waals surface area contributed by atoms with Crippen LogP contribution in [0.4, 0.5) is 13.2 Å². The molecule has 2 aromatic carbocycles. The van der Waals surface area contributed by atoms with Crippen molar-refractivity contribution in [2.24, 2.45) is 10.7 Å². The third-order valence-electron chi connectivity index (χ3n) is 3.55. The van der Waals surface area contributed by atoms with E-state index in [1.807, 2.05) is 26.2 Å². The Morgan fingerprint density at radius 3 is 2.37 bits per heavy atom. The van der Waals surface area contributed by atoms with Crippen LogP contribution in [0, 0.1) is 0 Å². The maximum Gasteiger partial charge on any atom is 0.573 e. The van der Waals surface area contributed by atoms with Crippen LogP contribution in [0.1, 0.15) is 16.7 Å². The van der Waals surface area contributed by atoms with Crippen LogP contribution in [-0.2, 0) is 19.6 Å². The van der Waals surface area contributed by atoms with Gasteiger partial charge in [0.2, 0.25) is 0 Å². The third kappa shape index (κ3) is 8.00. The SMILES string of the molecule is CN(C)Cc1cccc(CN=C(N)NCc2ccc(OC(F)(F)F)cc2)c1. The first kappa shape index (κ1) is 20.6. The lowest BCUT2D eigenvalue weighted by atomic mass is 10.1. The quantitative estimate of drug-likeness (QED) is 0.572. The van der Waals surface area contributed by atoms with Crippen molar-refractivity contribution in [3.63, 3.8) is 0 Å². The number of hydrogen-bond donors (Lipinski definition) is 2. The summed E-state index contributed by atoms with van der Waals surface area (Å²) < 4.78 is 40.2. The van der Waals surface area contributed by atoms with Gasteiger partial charge in [0.1, 0.15) is 5.75 Å².